The highest BCUT2D eigenvalue weighted by atomic mass is 16.5. The van der Waals surface area contributed by atoms with E-state index in [1.165, 1.54) is 0 Å². The fourth-order valence-electron chi connectivity index (χ4n) is 1.28. The molecule has 1 aromatic heterocycles. The Kier molecular flexibility index (Phi) is 2.53. The van der Waals surface area contributed by atoms with Crippen molar-refractivity contribution in [3.63, 3.8) is 0 Å². The maximum absolute atomic E-state index is 5.44. The molecule has 0 saturated heterocycles. The Hall–Kier alpha value is -2.04. The van der Waals surface area contributed by atoms with Gasteiger partial charge >= 0.3 is 6.01 Å². The van der Waals surface area contributed by atoms with Gasteiger partial charge in [0.05, 0.1) is 12.2 Å². The van der Waals surface area contributed by atoms with E-state index >= 15 is 0 Å². The van der Waals surface area contributed by atoms with Crippen LogP contribution in [0.2, 0.25) is 0 Å². The molecule has 78 valence electrons. The highest BCUT2D eigenvalue weighted by molar-refractivity contribution is 5.64. The van der Waals surface area contributed by atoms with E-state index in [9.17, 15) is 0 Å². The predicted octanol–water partition coefficient (Wildman–Crippen LogP) is 1.72. The first-order valence-corrected chi connectivity index (χ1v) is 4.62. The number of benzene rings is 1. The predicted molar refractivity (Wildman–Crippen MR) is 55.3 cm³/mol. The van der Waals surface area contributed by atoms with Crippen molar-refractivity contribution in [2.75, 3.05) is 12.3 Å². The van der Waals surface area contributed by atoms with E-state index in [1.54, 1.807) is 0 Å². The van der Waals surface area contributed by atoms with Gasteiger partial charge in [-0.25, -0.2) is 0 Å². The number of hydrogen-bond acceptors (Lipinski definition) is 5. The van der Waals surface area contributed by atoms with Crippen LogP contribution in [-0.4, -0.2) is 16.7 Å². The average Bonchev–Trinajstić information content (AvgIpc) is 2.66. The van der Waals surface area contributed by atoms with Gasteiger partial charge in [-0.15, -0.1) is 0 Å². The topological polar surface area (TPSA) is 74.2 Å². The molecule has 0 bridgehead atoms. The number of para-hydroxylation sites is 1. The summed E-state index contributed by atoms with van der Waals surface area (Å²) < 4.78 is 10.2. The van der Waals surface area contributed by atoms with E-state index in [1.807, 2.05) is 31.2 Å². The van der Waals surface area contributed by atoms with Gasteiger partial charge in [0.25, 0.3) is 0 Å². The van der Waals surface area contributed by atoms with Gasteiger partial charge in [-0.3, -0.25) is 0 Å². The standard InChI is InChI=1S/C10H11N3O2/c1-2-14-8-6-4-3-5-7(8)9-12-10(11)15-13-9/h3-6H,2H2,1H3,(H2,11,12,13). The van der Waals surface area contributed by atoms with Crippen LogP contribution in [0, 0.1) is 0 Å². The first-order valence-electron chi connectivity index (χ1n) is 4.62. The molecule has 5 nitrogen and oxygen atoms in total. The molecular formula is C10H11N3O2. The minimum Gasteiger partial charge on any atom is -0.493 e. The van der Waals surface area contributed by atoms with Crippen molar-refractivity contribution in [1.29, 1.82) is 0 Å². The van der Waals surface area contributed by atoms with Crippen LogP contribution in [0.3, 0.4) is 0 Å². The number of aromatic nitrogens is 2. The Morgan fingerprint density at radius 2 is 2.20 bits per heavy atom. The van der Waals surface area contributed by atoms with Gasteiger partial charge in [-0.1, -0.05) is 17.3 Å². The van der Waals surface area contributed by atoms with E-state index in [-0.39, 0.29) is 6.01 Å². The van der Waals surface area contributed by atoms with Crippen LogP contribution in [0.4, 0.5) is 6.01 Å². The van der Waals surface area contributed by atoms with Crippen molar-refractivity contribution in [2.24, 2.45) is 0 Å². The first-order chi connectivity index (χ1) is 7.31. The molecule has 2 N–H and O–H groups in total. The summed E-state index contributed by atoms with van der Waals surface area (Å²) in [5, 5.41) is 3.74. The SMILES string of the molecule is CCOc1ccccc1-c1noc(N)n1. The summed E-state index contributed by atoms with van der Waals surface area (Å²) in [6.07, 6.45) is 0. The Bertz CT molecular complexity index is 453. The van der Waals surface area contributed by atoms with Crippen LogP contribution in [0.25, 0.3) is 11.4 Å². The summed E-state index contributed by atoms with van der Waals surface area (Å²) in [5.74, 6) is 1.16. The molecule has 0 unspecified atom stereocenters. The van der Waals surface area contributed by atoms with Crippen LogP contribution in [-0.2, 0) is 0 Å². The zero-order chi connectivity index (χ0) is 10.7. The molecule has 0 saturated carbocycles. The van der Waals surface area contributed by atoms with E-state index in [0.717, 1.165) is 11.3 Å². The van der Waals surface area contributed by atoms with Crippen LogP contribution < -0.4 is 10.5 Å². The van der Waals surface area contributed by atoms with Crippen LogP contribution in [0.5, 0.6) is 5.75 Å². The Labute approximate surface area is 86.9 Å². The highest BCUT2D eigenvalue weighted by Crippen LogP contribution is 2.27. The summed E-state index contributed by atoms with van der Waals surface area (Å²) >= 11 is 0. The lowest BCUT2D eigenvalue weighted by molar-refractivity contribution is 0.341. The Morgan fingerprint density at radius 3 is 2.87 bits per heavy atom. The number of nitrogen functional groups attached to an aromatic ring is 1. The molecule has 0 fully saturated rings. The maximum Gasteiger partial charge on any atom is 0.319 e. The van der Waals surface area contributed by atoms with Crippen molar-refractivity contribution >= 4 is 6.01 Å². The number of hydrogen-bond donors (Lipinski definition) is 1. The van der Waals surface area contributed by atoms with Gasteiger partial charge in [-0.05, 0) is 19.1 Å². The molecule has 0 spiro atoms. The normalized spacial score (nSPS) is 10.2. The van der Waals surface area contributed by atoms with Crippen LogP contribution >= 0.6 is 0 Å². The van der Waals surface area contributed by atoms with Crippen LogP contribution in [0.1, 0.15) is 6.92 Å². The quantitative estimate of drug-likeness (QED) is 0.825. The molecule has 0 amide bonds. The second-order valence-electron chi connectivity index (χ2n) is 2.89. The molecule has 0 aliphatic rings. The van der Waals surface area contributed by atoms with Crippen molar-refractivity contribution in [3.05, 3.63) is 24.3 Å². The van der Waals surface area contributed by atoms with E-state index in [2.05, 4.69) is 10.1 Å². The largest absolute Gasteiger partial charge is 0.493 e. The van der Waals surface area contributed by atoms with Gasteiger partial charge < -0.3 is 15.0 Å². The van der Waals surface area contributed by atoms with Gasteiger partial charge in [0.1, 0.15) is 5.75 Å². The van der Waals surface area contributed by atoms with Crippen molar-refractivity contribution in [1.82, 2.24) is 10.1 Å². The number of nitrogens with zero attached hydrogens (tertiary/aromatic N) is 2. The van der Waals surface area contributed by atoms with Gasteiger partial charge in [0.15, 0.2) is 0 Å². The summed E-state index contributed by atoms with van der Waals surface area (Å²) in [4.78, 5) is 3.94. The second kappa shape index (κ2) is 4.00. The molecule has 2 rings (SSSR count). The molecule has 15 heavy (non-hydrogen) atoms. The molecule has 0 atom stereocenters. The van der Waals surface area contributed by atoms with E-state index in [0.29, 0.717) is 12.4 Å². The monoisotopic (exact) mass is 205 g/mol. The summed E-state index contributed by atoms with van der Waals surface area (Å²) in [6.45, 7) is 2.51. The summed E-state index contributed by atoms with van der Waals surface area (Å²) in [5.41, 5.74) is 6.14. The third kappa shape index (κ3) is 1.90. The van der Waals surface area contributed by atoms with Crippen LogP contribution in [0.15, 0.2) is 28.8 Å². The molecule has 0 aliphatic carbocycles. The number of anilines is 1. The van der Waals surface area contributed by atoms with Crippen molar-refractivity contribution in [3.8, 4) is 17.1 Å². The van der Waals surface area contributed by atoms with Gasteiger partial charge in [0, 0.05) is 0 Å². The minimum absolute atomic E-state index is 0.0521. The number of ether oxygens (including phenoxy) is 1. The first kappa shape index (κ1) is 9.51. The lowest BCUT2D eigenvalue weighted by atomic mass is 10.2. The second-order valence-corrected chi connectivity index (χ2v) is 2.89. The summed E-state index contributed by atoms with van der Waals surface area (Å²) in [7, 11) is 0. The molecule has 0 radical (unpaired) electrons. The van der Waals surface area contributed by atoms with E-state index in [4.69, 9.17) is 15.0 Å². The average molecular weight is 205 g/mol. The number of nitrogens with two attached hydrogens (primary N) is 1. The van der Waals surface area contributed by atoms with E-state index < -0.39 is 0 Å². The molecule has 2 aromatic rings. The highest BCUT2D eigenvalue weighted by Gasteiger charge is 2.11. The third-order valence-electron chi connectivity index (χ3n) is 1.87. The molecule has 1 heterocycles. The molecule has 1 aromatic carbocycles. The maximum atomic E-state index is 5.44. The van der Waals surface area contributed by atoms with Crippen molar-refractivity contribution in [2.45, 2.75) is 6.92 Å². The Balaban J connectivity index is 2.42. The minimum atomic E-state index is 0.0521. The fraction of sp³-hybridized carbons (Fsp3) is 0.200. The van der Waals surface area contributed by atoms with Crippen molar-refractivity contribution < 1.29 is 9.26 Å². The third-order valence-corrected chi connectivity index (χ3v) is 1.87. The van der Waals surface area contributed by atoms with Gasteiger partial charge in [-0.2, -0.15) is 4.98 Å². The molecular weight excluding hydrogens is 194 g/mol. The zero-order valence-electron chi connectivity index (χ0n) is 8.30. The molecule has 5 heteroatoms. The lowest BCUT2D eigenvalue weighted by Crippen LogP contribution is -1.94. The smallest absolute Gasteiger partial charge is 0.319 e. The fourth-order valence-corrected chi connectivity index (χ4v) is 1.28. The number of rotatable bonds is 3. The van der Waals surface area contributed by atoms with Gasteiger partial charge in [0.2, 0.25) is 5.82 Å². The Morgan fingerprint density at radius 1 is 1.40 bits per heavy atom. The zero-order valence-corrected chi connectivity index (χ0v) is 8.30. The lowest BCUT2D eigenvalue weighted by Gasteiger charge is -2.05. The summed E-state index contributed by atoms with van der Waals surface area (Å²) in [6, 6.07) is 7.53. The molecule has 0 aliphatic heterocycles.